The van der Waals surface area contributed by atoms with Crippen molar-refractivity contribution in [2.24, 2.45) is 0 Å². The second kappa shape index (κ2) is 5.61. The van der Waals surface area contributed by atoms with Gasteiger partial charge in [-0.2, -0.15) is 5.26 Å². The smallest absolute Gasteiger partial charge is 0.238 e. The summed E-state index contributed by atoms with van der Waals surface area (Å²) in [6.45, 7) is 4.64. The zero-order valence-electron chi connectivity index (χ0n) is 8.62. The van der Waals surface area contributed by atoms with E-state index in [2.05, 4.69) is 23.2 Å². The van der Waals surface area contributed by atoms with Crippen LogP contribution in [0.15, 0.2) is 0 Å². The molecule has 1 aliphatic rings. The van der Waals surface area contributed by atoms with Crippen LogP contribution in [0.4, 0.5) is 0 Å². The third-order valence-corrected chi connectivity index (χ3v) is 2.53. The molecule has 78 valence electrons. The molecule has 4 nitrogen and oxygen atoms in total. The molecule has 0 aromatic carbocycles. The maximum atomic E-state index is 11.5. The van der Waals surface area contributed by atoms with E-state index in [9.17, 15) is 4.79 Å². The monoisotopic (exact) mass is 195 g/mol. The standard InChI is InChI=1S/C10H17N3O/c1-2-3-7-13-8-6-12-10(14)9(13)4-5-11/h9H,2-4,6-8H2,1H3,(H,12,14). The zero-order valence-corrected chi connectivity index (χ0v) is 8.62. The molecule has 0 spiro atoms. The lowest BCUT2D eigenvalue weighted by molar-refractivity contribution is -0.128. The van der Waals surface area contributed by atoms with E-state index in [0.29, 0.717) is 13.0 Å². The first-order chi connectivity index (χ1) is 6.79. The van der Waals surface area contributed by atoms with E-state index in [4.69, 9.17) is 5.26 Å². The minimum Gasteiger partial charge on any atom is -0.353 e. The highest BCUT2D eigenvalue weighted by molar-refractivity contribution is 5.82. The molecule has 0 radical (unpaired) electrons. The summed E-state index contributed by atoms with van der Waals surface area (Å²) in [6.07, 6.45) is 2.52. The van der Waals surface area contributed by atoms with Gasteiger partial charge in [0.05, 0.1) is 12.5 Å². The normalized spacial score (nSPS) is 22.9. The Labute approximate surface area is 84.9 Å². The van der Waals surface area contributed by atoms with Crippen LogP contribution in [0.5, 0.6) is 0 Å². The maximum Gasteiger partial charge on any atom is 0.238 e. The first kappa shape index (κ1) is 11.0. The van der Waals surface area contributed by atoms with Crippen molar-refractivity contribution in [1.82, 2.24) is 10.2 Å². The molecule has 1 heterocycles. The van der Waals surface area contributed by atoms with Gasteiger partial charge in [-0.25, -0.2) is 0 Å². The number of hydrogen-bond donors (Lipinski definition) is 1. The highest BCUT2D eigenvalue weighted by Crippen LogP contribution is 2.09. The third-order valence-electron chi connectivity index (χ3n) is 2.53. The first-order valence-electron chi connectivity index (χ1n) is 5.18. The minimum absolute atomic E-state index is 0.00824. The van der Waals surface area contributed by atoms with Crippen molar-refractivity contribution in [3.05, 3.63) is 0 Å². The lowest BCUT2D eigenvalue weighted by atomic mass is 10.1. The minimum atomic E-state index is -0.222. The Hall–Kier alpha value is -1.08. The summed E-state index contributed by atoms with van der Waals surface area (Å²) in [6, 6.07) is 1.85. The van der Waals surface area contributed by atoms with Gasteiger partial charge in [0, 0.05) is 13.1 Å². The molecule has 1 N–H and O–H groups in total. The molecule has 1 amide bonds. The van der Waals surface area contributed by atoms with Crippen LogP contribution >= 0.6 is 0 Å². The summed E-state index contributed by atoms with van der Waals surface area (Å²) >= 11 is 0. The summed E-state index contributed by atoms with van der Waals surface area (Å²) in [5.74, 6) is 0.00824. The van der Waals surface area contributed by atoms with Gasteiger partial charge in [-0.1, -0.05) is 13.3 Å². The van der Waals surface area contributed by atoms with E-state index >= 15 is 0 Å². The van der Waals surface area contributed by atoms with Crippen molar-refractivity contribution in [2.45, 2.75) is 32.2 Å². The molecule has 1 unspecified atom stereocenters. The number of amides is 1. The summed E-state index contributed by atoms with van der Waals surface area (Å²) in [5.41, 5.74) is 0. The largest absolute Gasteiger partial charge is 0.353 e. The molecule has 0 aliphatic carbocycles. The number of hydrogen-bond acceptors (Lipinski definition) is 3. The van der Waals surface area contributed by atoms with Crippen molar-refractivity contribution in [3.8, 4) is 6.07 Å². The van der Waals surface area contributed by atoms with Crippen molar-refractivity contribution >= 4 is 5.91 Å². The van der Waals surface area contributed by atoms with Gasteiger partial charge < -0.3 is 5.32 Å². The molecule has 1 atom stereocenters. The number of piperazine rings is 1. The summed E-state index contributed by atoms with van der Waals surface area (Å²) in [7, 11) is 0. The average molecular weight is 195 g/mol. The lowest BCUT2D eigenvalue weighted by Gasteiger charge is -2.33. The van der Waals surface area contributed by atoms with Gasteiger partial charge in [0.2, 0.25) is 5.91 Å². The predicted molar refractivity (Wildman–Crippen MR) is 53.5 cm³/mol. The molecule has 1 aliphatic heterocycles. The van der Waals surface area contributed by atoms with Gasteiger partial charge in [-0.05, 0) is 13.0 Å². The van der Waals surface area contributed by atoms with Crippen molar-refractivity contribution in [3.63, 3.8) is 0 Å². The van der Waals surface area contributed by atoms with Gasteiger partial charge in [0.15, 0.2) is 0 Å². The van der Waals surface area contributed by atoms with Crippen LogP contribution in [0.2, 0.25) is 0 Å². The van der Waals surface area contributed by atoms with E-state index in [-0.39, 0.29) is 11.9 Å². The zero-order chi connectivity index (χ0) is 10.4. The number of carbonyl (C=O) groups is 1. The van der Waals surface area contributed by atoms with Crippen LogP contribution < -0.4 is 5.32 Å². The number of nitrogens with one attached hydrogen (secondary N) is 1. The van der Waals surface area contributed by atoms with E-state index < -0.39 is 0 Å². The van der Waals surface area contributed by atoms with Crippen LogP contribution in [0.3, 0.4) is 0 Å². The number of carbonyl (C=O) groups excluding carboxylic acids is 1. The van der Waals surface area contributed by atoms with Gasteiger partial charge in [-0.3, -0.25) is 9.69 Å². The molecule has 4 heteroatoms. The Morgan fingerprint density at radius 1 is 1.71 bits per heavy atom. The molecule has 1 saturated heterocycles. The van der Waals surface area contributed by atoms with E-state index in [1.807, 2.05) is 0 Å². The van der Waals surface area contributed by atoms with Crippen molar-refractivity contribution < 1.29 is 4.79 Å². The number of nitrogens with zero attached hydrogens (tertiary/aromatic N) is 2. The van der Waals surface area contributed by atoms with Gasteiger partial charge in [0.25, 0.3) is 0 Å². The molecular formula is C10H17N3O. The van der Waals surface area contributed by atoms with Crippen LogP contribution in [-0.2, 0) is 4.79 Å². The Balaban J connectivity index is 2.51. The fourth-order valence-corrected chi connectivity index (χ4v) is 1.70. The Kier molecular flexibility index (Phi) is 4.41. The summed E-state index contributed by atoms with van der Waals surface area (Å²) in [5, 5.41) is 11.4. The molecule has 0 saturated carbocycles. The first-order valence-corrected chi connectivity index (χ1v) is 5.18. The molecule has 0 bridgehead atoms. The Morgan fingerprint density at radius 2 is 2.50 bits per heavy atom. The van der Waals surface area contributed by atoms with E-state index in [1.54, 1.807) is 0 Å². The highest BCUT2D eigenvalue weighted by Gasteiger charge is 2.28. The summed E-state index contributed by atoms with van der Waals surface area (Å²) in [4.78, 5) is 13.6. The van der Waals surface area contributed by atoms with E-state index in [1.165, 1.54) is 0 Å². The molecule has 1 fully saturated rings. The second-order valence-electron chi connectivity index (χ2n) is 3.56. The van der Waals surface area contributed by atoms with Gasteiger partial charge in [-0.15, -0.1) is 0 Å². The maximum absolute atomic E-state index is 11.5. The van der Waals surface area contributed by atoms with E-state index in [0.717, 1.165) is 25.9 Å². The van der Waals surface area contributed by atoms with Gasteiger partial charge in [0.1, 0.15) is 6.04 Å². The topological polar surface area (TPSA) is 56.1 Å². The fraction of sp³-hybridized carbons (Fsp3) is 0.800. The highest BCUT2D eigenvalue weighted by atomic mass is 16.2. The third kappa shape index (κ3) is 2.71. The average Bonchev–Trinajstić information content (AvgIpc) is 2.19. The van der Waals surface area contributed by atoms with Crippen LogP contribution in [0.1, 0.15) is 26.2 Å². The summed E-state index contributed by atoms with van der Waals surface area (Å²) < 4.78 is 0. The van der Waals surface area contributed by atoms with Crippen LogP contribution in [0, 0.1) is 11.3 Å². The molecule has 0 aromatic rings. The second-order valence-corrected chi connectivity index (χ2v) is 3.56. The molecular weight excluding hydrogens is 178 g/mol. The predicted octanol–water partition coefficient (Wildman–Crippen LogP) is 0.501. The van der Waals surface area contributed by atoms with Crippen molar-refractivity contribution in [1.29, 1.82) is 5.26 Å². The number of nitriles is 1. The van der Waals surface area contributed by atoms with Crippen LogP contribution in [0.25, 0.3) is 0 Å². The number of unbranched alkanes of at least 4 members (excludes halogenated alkanes) is 1. The Bertz CT molecular complexity index is 234. The quantitative estimate of drug-likeness (QED) is 0.710. The molecule has 1 rings (SSSR count). The SMILES string of the molecule is CCCCN1CCNC(=O)C1CC#N. The van der Waals surface area contributed by atoms with Gasteiger partial charge >= 0.3 is 0 Å². The lowest BCUT2D eigenvalue weighted by Crippen LogP contribution is -2.55. The number of rotatable bonds is 4. The van der Waals surface area contributed by atoms with Crippen molar-refractivity contribution in [2.75, 3.05) is 19.6 Å². The molecule has 14 heavy (non-hydrogen) atoms. The Morgan fingerprint density at radius 3 is 3.14 bits per heavy atom. The fourth-order valence-electron chi connectivity index (χ4n) is 1.70. The molecule has 0 aromatic heterocycles. The van der Waals surface area contributed by atoms with Crippen LogP contribution in [-0.4, -0.2) is 36.5 Å².